The van der Waals surface area contributed by atoms with Gasteiger partial charge in [0.2, 0.25) is 0 Å². The van der Waals surface area contributed by atoms with Crippen molar-refractivity contribution in [3.8, 4) is 5.75 Å². The van der Waals surface area contributed by atoms with Crippen LogP contribution in [-0.2, 0) is 0 Å². The van der Waals surface area contributed by atoms with E-state index in [1.807, 2.05) is 18.2 Å². The minimum atomic E-state index is -0.180. The van der Waals surface area contributed by atoms with Crippen molar-refractivity contribution in [1.29, 1.82) is 0 Å². The number of fused-ring (bicyclic) bond motifs is 1. The standard InChI is InChI=1S/C21H22Cl2N4O2S/c1-29-15-3-5-18-19(13-15)30-21(25-18)27-10-8-26(9-11-27)7-6-24-20(28)16-4-2-14(22)12-17(16)23/h2-5,12-13H,6-11H2,1H3,(H,24,28). The lowest BCUT2D eigenvalue weighted by Crippen LogP contribution is -2.48. The number of rotatable bonds is 6. The number of nitrogens with one attached hydrogen (secondary N) is 1. The average Bonchev–Trinajstić information content (AvgIpc) is 3.17. The van der Waals surface area contributed by atoms with Crippen molar-refractivity contribution in [2.75, 3.05) is 51.3 Å². The summed E-state index contributed by atoms with van der Waals surface area (Å²) in [5.41, 5.74) is 1.44. The predicted octanol–water partition coefficient (Wildman–Crippen LogP) is 4.16. The van der Waals surface area contributed by atoms with Crippen LogP contribution in [0.1, 0.15) is 10.4 Å². The molecule has 6 nitrogen and oxygen atoms in total. The summed E-state index contributed by atoms with van der Waals surface area (Å²) in [5, 5.41) is 4.86. The Hall–Kier alpha value is -2.06. The van der Waals surface area contributed by atoms with Crippen molar-refractivity contribution in [3.63, 3.8) is 0 Å². The molecule has 0 aliphatic carbocycles. The van der Waals surface area contributed by atoms with Crippen LogP contribution in [-0.4, -0.2) is 62.2 Å². The Balaban J connectivity index is 1.26. The molecular formula is C21H22Cl2N4O2S. The van der Waals surface area contributed by atoms with Gasteiger partial charge in [-0.15, -0.1) is 0 Å². The summed E-state index contributed by atoms with van der Waals surface area (Å²) in [6.07, 6.45) is 0. The molecule has 3 aromatic rings. The third-order valence-electron chi connectivity index (χ3n) is 5.12. The largest absolute Gasteiger partial charge is 0.497 e. The van der Waals surface area contributed by atoms with Gasteiger partial charge in [0.1, 0.15) is 5.75 Å². The number of benzene rings is 2. The van der Waals surface area contributed by atoms with E-state index in [4.69, 9.17) is 32.9 Å². The Bertz CT molecular complexity index is 1050. The summed E-state index contributed by atoms with van der Waals surface area (Å²) >= 11 is 13.7. The number of ether oxygens (including phenoxy) is 1. The number of hydrogen-bond donors (Lipinski definition) is 1. The van der Waals surface area contributed by atoms with Gasteiger partial charge in [0, 0.05) is 44.3 Å². The number of thiazole rings is 1. The molecule has 0 atom stereocenters. The molecule has 2 heterocycles. The molecule has 0 saturated carbocycles. The molecule has 1 saturated heterocycles. The lowest BCUT2D eigenvalue weighted by molar-refractivity contribution is 0.0948. The van der Waals surface area contributed by atoms with Crippen molar-refractivity contribution in [3.05, 3.63) is 52.0 Å². The summed E-state index contributed by atoms with van der Waals surface area (Å²) < 4.78 is 6.44. The van der Waals surface area contributed by atoms with Crippen molar-refractivity contribution >= 4 is 55.8 Å². The van der Waals surface area contributed by atoms with Gasteiger partial charge >= 0.3 is 0 Å². The number of piperazine rings is 1. The number of nitrogens with zero attached hydrogens (tertiary/aromatic N) is 3. The number of aromatic nitrogens is 1. The SMILES string of the molecule is COc1ccc2nc(N3CCN(CCNC(=O)c4ccc(Cl)cc4Cl)CC3)sc2c1. The van der Waals surface area contributed by atoms with Crippen LogP contribution in [0.15, 0.2) is 36.4 Å². The monoisotopic (exact) mass is 464 g/mol. The molecule has 1 amide bonds. The first kappa shape index (κ1) is 21.2. The van der Waals surface area contributed by atoms with Crippen LogP contribution in [0.2, 0.25) is 10.0 Å². The summed E-state index contributed by atoms with van der Waals surface area (Å²) in [5.74, 6) is 0.671. The van der Waals surface area contributed by atoms with Crippen molar-refractivity contribution in [2.45, 2.75) is 0 Å². The maximum atomic E-state index is 12.3. The van der Waals surface area contributed by atoms with Gasteiger partial charge in [0.25, 0.3) is 5.91 Å². The fraction of sp³-hybridized carbons (Fsp3) is 0.333. The fourth-order valence-corrected chi connectivity index (χ4v) is 4.95. The van der Waals surface area contributed by atoms with Crippen LogP contribution in [0.5, 0.6) is 5.75 Å². The van der Waals surface area contributed by atoms with Crippen LogP contribution in [0.4, 0.5) is 5.13 Å². The molecule has 9 heteroatoms. The zero-order chi connectivity index (χ0) is 21.1. The molecule has 0 unspecified atom stereocenters. The molecule has 1 N–H and O–H groups in total. The summed E-state index contributed by atoms with van der Waals surface area (Å²) in [6.45, 7) is 5.04. The topological polar surface area (TPSA) is 57.7 Å². The van der Waals surface area contributed by atoms with Gasteiger partial charge in [-0.2, -0.15) is 0 Å². The Kier molecular flexibility index (Phi) is 6.63. The van der Waals surface area contributed by atoms with Gasteiger partial charge in [-0.05, 0) is 36.4 Å². The van der Waals surface area contributed by atoms with Gasteiger partial charge < -0.3 is 15.0 Å². The molecule has 1 aliphatic rings. The minimum Gasteiger partial charge on any atom is -0.497 e. The van der Waals surface area contributed by atoms with Crippen LogP contribution < -0.4 is 15.0 Å². The second kappa shape index (κ2) is 9.39. The molecule has 30 heavy (non-hydrogen) atoms. The van der Waals surface area contributed by atoms with E-state index in [0.29, 0.717) is 22.2 Å². The lowest BCUT2D eigenvalue weighted by atomic mass is 10.2. The highest BCUT2D eigenvalue weighted by Gasteiger charge is 2.20. The number of amides is 1. The molecule has 2 aromatic carbocycles. The Morgan fingerprint density at radius 3 is 2.70 bits per heavy atom. The van der Waals surface area contributed by atoms with E-state index in [1.54, 1.807) is 36.6 Å². The van der Waals surface area contributed by atoms with Crippen LogP contribution in [0, 0.1) is 0 Å². The third-order valence-corrected chi connectivity index (χ3v) is 6.74. The maximum Gasteiger partial charge on any atom is 0.252 e. The number of methoxy groups -OCH3 is 1. The Morgan fingerprint density at radius 1 is 1.17 bits per heavy atom. The van der Waals surface area contributed by atoms with E-state index in [2.05, 4.69) is 15.1 Å². The van der Waals surface area contributed by atoms with E-state index in [1.165, 1.54) is 0 Å². The highest BCUT2D eigenvalue weighted by atomic mass is 35.5. The first-order valence-electron chi connectivity index (χ1n) is 9.68. The highest BCUT2D eigenvalue weighted by Crippen LogP contribution is 2.31. The second-order valence-corrected chi connectivity index (χ2v) is 8.89. The molecule has 1 fully saturated rings. The van der Waals surface area contributed by atoms with Crippen molar-refractivity contribution in [1.82, 2.24) is 15.2 Å². The van der Waals surface area contributed by atoms with Gasteiger partial charge in [0.15, 0.2) is 5.13 Å². The molecule has 1 aromatic heterocycles. The van der Waals surface area contributed by atoms with Gasteiger partial charge in [-0.25, -0.2) is 4.98 Å². The van der Waals surface area contributed by atoms with E-state index >= 15 is 0 Å². The molecule has 158 valence electrons. The molecule has 4 rings (SSSR count). The lowest BCUT2D eigenvalue weighted by Gasteiger charge is -2.34. The third kappa shape index (κ3) is 4.81. The fourth-order valence-electron chi connectivity index (χ4n) is 3.41. The number of carbonyl (C=O) groups excluding carboxylic acids is 1. The molecule has 0 spiro atoms. The number of halogens is 2. The number of carbonyl (C=O) groups is 1. The quantitative estimate of drug-likeness (QED) is 0.593. The van der Waals surface area contributed by atoms with E-state index in [-0.39, 0.29) is 5.91 Å². The van der Waals surface area contributed by atoms with Gasteiger partial charge in [0.05, 0.1) is 27.9 Å². The smallest absolute Gasteiger partial charge is 0.252 e. The van der Waals surface area contributed by atoms with Crippen molar-refractivity contribution in [2.24, 2.45) is 0 Å². The Labute approximate surface area is 189 Å². The molecular weight excluding hydrogens is 443 g/mol. The second-order valence-electron chi connectivity index (χ2n) is 7.04. The average molecular weight is 465 g/mol. The number of hydrogen-bond acceptors (Lipinski definition) is 6. The maximum absolute atomic E-state index is 12.3. The predicted molar refractivity (Wildman–Crippen MR) is 124 cm³/mol. The first-order valence-corrected chi connectivity index (χ1v) is 11.3. The first-order chi connectivity index (χ1) is 14.5. The van der Waals surface area contributed by atoms with Crippen LogP contribution in [0.25, 0.3) is 10.2 Å². The normalized spacial score (nSPS) is 14.8. The molecule has 0 radical (unpaired) electrons. The van der Waals surface area contributed by atoms with Gasteiger partial charge in [-0.3, -0.25) is 9.69 Å². The van der Waals surface area contributed by atoms with E-state index < -0.39 is 0 Å². The zero-order valence-electron chi connectivity index (χ0n) is 16.5. The summed E-state index contributed by atoms with van der Waals surface area (Å²) in [4.78, 5) is 21.7. The minimum absolute atomic E-state index is 0.180. The number of anilines is 1. The van der Waals surface area contributed by atoms with E-state index in [9.17, 15) is 4.79 Å². The molecule has 0 bridgehead atoms. The Morgan fingerprint density at radius 2 is 1.97 bits per heavy atom. The van der Waals surface area contributed by atoms with Crippen molar-refractivity contribution < 1.29 is 9.53 Å². The van der Waals surface area contributed by atoms with Crippen LogP contribution in [0.3, 0.4) is 0 Å². The summed E-state index contributed by atoms with van der Waals surface area (Å²) in [6, 6.07) is 10.9. The van der Waals surface area contributed by atoms with Crippen LogP contribution >= 0.6 is 34.5 Å². The molecule has 1 aliphatic heterocycles. The van der Waals surface area contributed by atoms with E-state index in [0.717, 1.165) is 53.8 Å². The zero-order valence-corrected chi connectivity index (χ0v) is 18.9. The summed E-state index contributed by atoms with van der Waals surface area (Å²) in [7, 11) is 1.68. The van der Waals surface area contributed by atoms with Gasteiger partial charge in [-0.1, -0.05) is 34.5 Å². The highest BCUT2D eigenvalue weighted by molar-refractivity contribution is 7.22.